The Morgan fingerprint density at radius 2 is 1.22 bits per heavy atom. The number of hydrogen-bond donors (Lipinski definition) is 1. The lowest BCUT2D eigenvalue weighted by Gasteiger charge is -2.35. The third-order valence-electron chi connectivity index (χ3n) is 13.1. The molecule has 3 atom stereocenters. The average Bonchev–Trinajstić information content (AvgIpc) is 3.58. The van der Waals surface area contributed by atoms with Gasteiger partial charge in [0.25, 0.3) is 0 Å². The van der Waals surface area contributed by atoms with Crippen molar-refractivity contribution in [1.29, 1.82) is 0 Å². The number of likely N-dealkylation sites (tertiary alicyclic amines) is 2. The van der Waals surface area contributed by atoms with Gasteiger partial charge < -0.3 is 24.3 Å². The lowest BCUT2D eigenvalue weighted by molar-refractivity contribution is -0.107. The van der Waals surface area contributed by atoms with Gasteiger partial charge in [0, 0.05) is 53.9 Å². The highest BCUT2D eigenvalue weighted by Gasteiger charge is 2.35. The Bertz CT molecular complexity index is 2360. The van der Waals surface area contributed by atoms with Crippen molar-refractivity contribution >= 4 is 52.8 Å². The zero-order valence-corrected chi connectivity index (χ0v) is 36.5. The van der Waals surface area contributed by atoms with Crippen molar-refractivity contribution in [3.63, 3.8) is 0 Å². The Labute approximate surface area is 365 Å². The predicted molar refractivity (Wildman–Crippen MR) is 244 cm³/mol. The number of aldehydes is 1. The molecule has 3 unspecified atom stereocenters. The average molecular weight is 844 g/mol. The SMILES string of the molecule is CN1CCC(C2c3ccc(Cl)cc3C=C(CCC(O)c3cn(C)cn3)c3cccnc32)CC1.CN1CCC(C2c3ccc(Cl)cc3C=C(CCC=O)c3cccnc32)CC1. The molecule has 2 saturated heterocycles. The summed E-state index contributed by atoms with van der Waals surface area (Å²) in [6.07, 6.45) is 19.6. The Kier molecular flexibility index (Phi) is 13.4. The van der Waals surface area contributed by atoms with Gasteiger partial charge in [0.15, 0.2) is 0 Å². The van der Waals surface area contributed by atoms with Gasteiger partial charge in [-0.05, 0) is 178 Å². The highest BCUT2D eigenvalue weighted by atomic mass is 35.5. The van der Waals surface area contributed by atoms with Gasteiger partial charge in [0.2, 0.25) is 0 Å². The normalized spacial score (nSPS) is 20.2. The maximum Gasteiger partial charge on any atom is 0.120 e. The van der Waals surface area contributed by atoms with Gasteiger partial charge in [0.1, 0.15) is 6.29 Å². The largest absolute Gasteiger partial charge is 0.387 e. The summed E-state index contributed by atoms with van der Waals surface area (Å²) in [6, 6.07) is 20.9. The fourth-order valence-corrected chi connectivity index (χ4v) is 10.3. The lowest BCUT2D eigenvalue weighted by Crippen LogP contribution is -2.33. The van der Waals surface area contributed by atoms with Crippen LogP contribution in [-0.4, -0.2) is 81.0 Å². The number of aromatic nitrogens is 4. The van der Waals surface area contributed by atoms with E-state index in [0.717, 1.165) is 79.6 Å². The summed E-state index contributed by atoms with van der Waals surface area (Å²) in [5, 5.41) is 12.3. The molecule has 312 valence electrons. The molecule has 2 aromatic carbocycles. The van der Waals surface area contributed by atoms with Crippen LogP contribution in [0.2, 0.25) is 10.0 Å². The smallest absolute Gasteiger partial charge is 0.120 e. The predicted octanol–water partition coefficient (Wildman–Crippen LogP) is 10.4. The molecule has 60 heavy (non-hydrogen) atoms. The molecule has 2 fully saturated rings. The van der Waals surface area contributed by atoms with E-state index in [1.54, 1.807) is 6.33 Å². The number of carbonyl (C=O) groups excluding carboxylic acids is 1. The molecule has 0 amide bonds. The number of hydrogen-bond acceptors (Lipinski definition) is 7. The molecule has 0 spiro atoms. The van der Waals surface area contributed by atoms with Crippen molar-refractivity contribution in [2.45, 2.75) is 69.3 Å². The van der Waals surface area contributed by atoms with E-state index in [1.165, 1.54) is 57.4 Å². The van der Waals surface area contributed by atoms with Crippen LogP contribution in [-0.2, 0) is 11.8 Å². The topological polar surface area (TPSA) is 87.4 Å². The number of pyridine rings is 2. The van der Waals surface area contributed by atoms with E-state index < -0.39 is 6.10 Å². The van der Waals surface area contributed by atoms with E-state index >= 15 is 0 Å². The van der Waals surface area contributed by atoms with E-state index in [4.69, 9.17) is 33.2 Å². The molecular weight excluding hydrogens is 787 g/mol. The molecule has 0 radical (unpaired) electrons. The monoisotopic (exact) mass is 842 g/mol. The summed E-state index contributed by atoms with van der Waals surface area (Å²) in [5.41, 5.74) is 12.8. The number of carbonyl (C=O) groups is 1. The molecule has 5 aromatic rings. The van der Waals surface area contributed by atoms with Crippen molar-refractivity contribution in [2.24, 2.45) is 18.9 Å². The van der Waals surface area contributed by atoms with E-state index in [-0.39, 0.29) is 11.8 Å². The molecule has 10 heteroatoms. The van der Waals surface area contributed by atoms with Gasteiger partial charge in [-0.1, -0.05) is 59.6 Å². The van der Waals surface area contributed by atoms with Crippen LogP contribution in [0.3, 0.4) is 0 Å². The van der Waals surface area contributed by atoms with Crippen molar-refractivity contribution < 1.29 is 9.90 Å². The van der Waals surface area contributed by atoms with E-state index in [9.17, 15) is 9.90 Å². The van der Waals surface area contributed by atoms with Gasteiger partial charge >= 0.3 is 0 Å². The van der Waals surface area contributed by atoms with Crippen molar-refractivity contribution in [1.82, 2.24) is 29.3 Å². The Morgan fingerprint density at radius 3 is 1.68 bits per heavy atom. The highest BCUT2D eigenvalue weighted by molar-refractivity contribution is 6.31. The third-order valence-corrected chi connectivity index (χ3v) is 13.6. The zero-order valence-electron chi connectivity index (χ0n) is 35.0. The molecule has 0 saturated carbocycles. The molecule has 4 aliphatic rings. The maximum absolute atomic E-state index is 11.0. The first-order valence-corrected chi connectivity index (χ1v) is 22.3. The van der Waals surface area contributed by atoms with Gasteiger partial charge in [-0.25, -0.2) is 4.98 Å². The Hall–Kier alpha value is -4.44. The highest BCUT2D eigenvalue weighted by Crippen LogP contribution is 2.47. The van der Waals surface area contributed by atoms with E-state index in [2.05, 4.69) is 77.4 Å². The second-order valence-electron chi connectivity index (χ2n) is 17.2. The minimum Gasteiger partial charge on any atom is -0.387 e. The molecule has 3 aromatic heterocycles. The molecule has 0 bridgehead atoms. The Morgan fingerprint density at radius 1 is 0.717 bits per heavy atom. The third kappa shape index (κ3) is 9.39. The van der Waals surface area contributed by atoms with Crippen molar-refractivity contribution in [2.75, 3.05) is 40.3 Å². The second-order valence-corrected chi connectivity index (χ2v) is 18.1. The minimum atomic E-state index is -0.598. The van der Waals surface area contributed by atoms with Gasteiger partial charge in [0.05, 0.1) is 29.5 Å². The summed E-state index contributed by atoms with van der Waals surface area (Å²) in [6.45, 7) is 4.47. The minimum absolute atomic E-state index is 0.247. The zero-order chi connectivity index (χ0) is 41.8. The van der Waals surface area contributed by atoms with Crippen LogP contribution in [0.1, 0.15) is 120 Å². The molecule has 2 aliphatic heterocycles. The number of halogens is 2. The summed E-state index contributed by atoms with van der Waals surface area (Å²) in [5.74, 6) is 1.62. The molecule has 9 rings (SSSR count). The van der Waals surface area contributed by atoms with Gasteiger partial charge in [-0.3, -0.25) is 9.97 Å². The quantitative estimate of drug-likeness (QED) is 0.148. The lowest BCUT2D eigenvalue weighted by atomic mass is 9.76. The number of aliphatic hydroxyl groups excluding tert-OH is 1. The fourth-order valence-electron chi connectivity index (χ4n) is 9.96. The second kappa shape index (κ2) is 19.1. The molecule has 5 heterocycles. The first-order valence-electron chi connectivity index (χ1n) is 21.5. The number of rotatable bonds is 9. The van der Waals surface area contributed by atoms with Crippen molar-refractivity contribution in [3.8, 4) is 0 Å². The van der Waals surface area contributed by atoms with Gasteiger partial charge in [-0.2, -0.15) is 0 Å². The van der Waals surface area contributed by atoms with Gasteiger partial charge in [-0.15, -0.1) is 0 Å². The van der Waals surface area contributed by atoms with Crippen LogP contribution in [0.15, 0.2) is 85.6 Å². The van der Waals surface area contributed by atoms with Crippen LogP contribution in [0.25, 0.3) is 23.3 Å². The molecular formula is C50H56Cl2N6O2. The fraction of sp³-hybridized carbons (Fsp3) is 0.400. The standard InChI is InChI=1S/C27H31ClN4O.C23H25ClN2O/c1-31-12-9-18(10-13-31)26-22-7-6-21(28)15-20(22)14-19(23-4-3-11-29-27(23)26)5-8-25(33)24-16-32(2)17-30-24;1-26-11-8-16(9-12-26)22-20-7-6-19(24)15-18(20)14-17(4-3-13-27)21-5-2-10-25-23(21)22/h3-4,6-7,11,14-18,25-26,33H,5,8-10,12-13H2,1-2H3;2,5-7,10,13-16,22H,3-4,8-9,11-12H2,1H3. The van der Waals surface area contributed by atoms with Crippen LogP contribution in [0, 0.1) is 11.8 Å². The molecule has 1 N–H and O–H groups in total. The van der Waals surface area contributed by atoms with Crippen LogP contribution < -0.4 is 0 Å². The molecule has 8 nitrogen and oxygen atoms in total. The first kappa shape index (κ1) is 42.3. The van der Waals surface area contributed by atoms with Crippen LogP contribution >= 0.6 is 23.2 Å². The summed E-state index contributed by atoms with van der Waals surface area (Å²) in [7, 11) is 6.32. The van der Waals surface area contributed by atoms with Crippen molar-refractivity contribution in [3.05, 3.63) is 146 Å². The van der Waals surface area contributed by atoms with E-state index in [1.807, 2.05) is 54.5 Å². The number of aryl methyl sites for hydroxylation is 1. The number of piperidine rings is 2. The van der Waals surface area contributed by atoms with Crippen LogP contribution in [0.4, 0.5) is 0 Å². The van der Waals surface area contributed by atoms with E-state index in [0.29, 0.717) is 30.4 Å². The molecule has 2 aliphatic carbocycles. The summed E-state index contributed by atoms with van der Waals surface area (Å²) >= 11 is 12.8. The number of fused-ring (bicyclic) bond motifs is 4. The number of imidazole rings is 1. The summed E-state index contributed by atoms with van der Waals surface area (Å²) in [4.78, 5) is 30.0. The number of benzene rings is 2. The maximum atomic E-state index is 11.0. The Balaban J connectivity index is 0.000000170. The number of aliphatic hydroxyl groups is 1. The first-order chi connectivity index (χ1) is 29.2. The summed E-state index contributed by atoms with van der Waals surface area (Å²) < 4.78 is 1.87. The van der Waals surface area contributed by atoms with Crippen LogP contribution in [0.5, 0.6) is 0 Å². The number of allylic oxidation sites excluding steroid dienone is 2. The number of nitrogens with zero attached hydrogens (tertiary/aromatic N) is 6.